The molecular formula is C52H87N3O16P2. The van der Waals surface area contributed by atoms with Gasteiger partial charge in [0.25, 0.3) is 0 Å². The lowest BCUT2D eigenvalue weighted by atomic mass is 10.1. The number of phosphoric acid groups is 2. The van der Waals surface area contributed by atoms with E-state index < -0.39 is 83.7 Å². The Balaban J connectivity index is 1.40. The summed E-state index contributed by atoms with van der Waals surface area (Å²) in [6.07, 6.45) is 36.5. The molecule has 2 aliphatic rings. The largest absolute Gasteiger partial charge is 0.481 e. The molecular weight excluding hydrogens is 985 g/mol. The highest BCUT2D eigenvalue weighted by Gasteiger charge is 2.46. The lowest BCUT2D eigenvalue weighted by Gasteiger charge is -2.21. The van der Waals surface area contributed by atoms with E-state index >= 15 is 0 Å². The monoisotopic (exact) mass is 1070 g/mol. The van der Waals surface area contributed by atoms with Gasteiger partial charge in [0, 0.05) is 19.0 Å². The maximum absolute atomic E-state index is 12.9. The molecule has 3 rings (SSSR count). The van der Waals surface area contributed by atoms with Crippen molar-refractivity contribution in [2.75, 3.05) is 25.6 Å². The van der Waals surface area contributed by atoms with Gasteiger partial charge in [-0.3, -0.25) is 23.2 Å². The van der Waals surface area contributed by atoms with Crippen LogP contribution in [-0.4, -0.2) is 97.9 Å². The second-order valence-electron chi connectivity index (χ2n) is 18.8. The average Bonchev–Trinajstić information content (AvgIpc) is 4.04. The first-order valence-corrected chi connectivity index (χ1v) is 29.8. The summed E-state index contributed by atoms with van der Waals surface area (Å²) in [6.45, 7) is 2.07. The molecule has 0 aliphatic carbocycles. The Morgan fingerprint density at radius 2 is 1.25 bits per heavy atom. The fourth-order valence-electron chi connectivity index (χ4n) is 8.04. The third kappa shape index (κ3) is 29.5. The first kappa shape index (κ1) is 64.0. The number of aromatic nitrogens is 2. The van der Waals surface area contributed by atoms with Crippen molar-refractivity contribution in [3.63, 3.8) is 0 Å². The van der Waals surface area contributed by atoms with Crippen molar-refractivity contribution in [1.29, 1.82) is 0 Å². The van der Waals surface area contributed by atoms with Gasteiger partial charge in [-0.05, 0) is 76.7 Å². The van der Waals surface area contributed by atoms with E-state index in [1.165, 1.54) is 63.9 Å². The zero-order valence-corrected chi connectivity index (χ0v) is 45.2. The van der Waals surface area contributed by atoms with Gasteiger partial charge >= 0.3 is 33.3 Å². The van der Waals surface area contributed by atoms with E-state index in [0.29, 0.717) is 31.5 Å². The number of unbranched alkanes of at least 4 members (excludes halogenated alkanes) is 16. The molecule has 1 aromatic heterocycles. The molecule has 0 bridgehead atoms. The minimum absolute atomic E-state index is 0.0304. The summed E-state index contributed by atoms with van der Waals surface area (Å²) >= 11 is 0. The SMILES string of the molecule is CCCCCCCC/C=C\CCCCCCCCCC(=O)O[C@H](COC(=O)CCC/C=C\C/C=C\C/C=C\CC1OC1CCCCC)COP(=O)(O)OP(=O)(O)OC[C@H]1O[C@@H](n2ccc(N)nc2=O)[C@H](O)[C@@H]1O. The fourth-order valence-corrected chi connectivity index (χ4v) is 10.2. The average molecular weight is 1070 g/mol. The number of nitrogens with two attached hydrogens (primary N) is 1. The Hall–Kier alpha value is -3.32. The number of ether oxygens (including phenoxy) is 4. The number of nitrogens with zero attached hydrogens (tertiary/aromatic N) is 2. The minimum Gasteiger partial charge on any atom is -0.462 e. The molecule has 6 N–H and O–H groups in total. The third-order valence-corrected chi connectivity index (χ3v) is 14.9. The van der Waals surface area contributed by atoms with Crippen LogP contribution >= 0.6 is 15.6 Å². The lowest BCUT2D eigenvalue weighted by Crippen LogP contribution is -2.36. The van der Waals surface area contributed by atoms with Crippen molar-refractivity contribution in [3.05, 3.63) is 71.4 Å². The standard InChI is InChI=1S/C52H87N3O16P2/c1-3-5-7-8-9-10-11-12-13-14-15-16-17-22-25-28-32-36-48(57)68-42(39-65-47(56)35-31-27-24-21-19-18-20-23-26-30-34-44-43(69-44)33-29-6-4-2)40-66-72(61,62)71-73(63,64)67-41-45-49(58)50(59)51(70-45)55-38-37-46(53)54-52(55)60/h12-13,18,20-21,24,26,30,37-38,42-45,49-51,58-59H,3-11,14-17,19,22-23,25,27-29,31-36,39-41H2,1-2H3,(H,61,62)(H,63,64)(H2,53,54,60)/b13-12-,20-18-,24-21-,30-26-/t42-,43?,44?,45-,49-,50-,51-/m1/s1. The quantitative estimate of drug-likeness (QED) is 0.0134. The van der Waals surface area contributed by atoms with Gasteiger partial charge in [0.15, 0.2) is 12.3 Å². The molecule has 9 atom stereocenters. The molecule has 416 valence electrons. The Morgan fingerprint density at radius 1 is 0.685 bits per heavy atom. The van der Waals surface area contributed by atoms with Gasteiger partial charge in [-0.2, -0.15) is 9.29 Å². The second kappa shape index (κ2) is 37.4. The third-order valence-electron chi connectivity index (χ3n) is 12.3. The maximum atomic E-state index is 12.9. The first-order chi connectivity index (χ1) is 35.1. The van der Waals surface area contributed by atoms with E-state index in [1.807, 2.05) is 12.2 Å². The summed E-state index contributed by atoms with van der Waals surface area (Å²) in [6, 6.07) is 1.25. The van der Waals surface area contributed by atoms with Gasteiger partial charge in [0.2, 0.25) is 0 Å². The predicted octanol–water partition coefficient (Wildman–Crippen LogP) is 10.3. The molecule has 0 aromatic carbocycles. The van der Waals surface area contributed by atoms with E-state index in [-0.39, 0.29) is 18.7 Å². The zero-order valence-electron chi connectivity index (χ0n) is 43.4. The zero-order chi connectivity index (χ0) is 53.2. The van der Waals surface area contributed by atoms with Gasteiger partial charge in [-0.25, -0.2) is 13.9 Å². The molecule has 1 aromatic rings. The number of phosphoric ester groups is 2. The highest BCUT2D eigenvalue weighted by Crippen LogP contribution is 2.60. The van der Waals surface area contributed by atoms with Crippen LogP contribution in [0.15, 0.2) is 65.7 Å². The molecule has 0 amide bonds. The van der Waals surface area contributed by atoms with E-state index in [1.54, 1.807) is 0 Å². The number of epoxide rings is 1. The molecule has 2 saturated heterocycles. The van der Waals surface area contributed by atoms with Crippen molar-refractivity contribution >= 4 is 33.4 Å². The van der Waals surface area contributed by atoms with Crippen molar-refractivity contribution in [2.24, 2.45) is 0 Å². The van der Waals surface area contributed by atoms with Gasteiger partial charge in [0.05, 0.1) is 25.4 Å². The topological polar surface area (TPSA) is 278 Å². The van der Waals surface area contributed by atoms with Crippen LogP contribution in [0.2, 0.25) is 0 Å². The van der Waals surface area contributed by atoms with Crippen LogP contribution in [-0.2, 0) is 51.0 Å². The van der Waals surface area contributed by atoms with Gasteiger partial charge < -0.3 is 44.7 Å². The predicted molar refractivity (Wildman–Crippen MR) is 279 cm³/mol. The number of hydrogen-bond acceptors (Lipinski definition) is 16. The highest BCUT2D eigenvalue weighted by molar-refractivity contribution is 7.61. The van der Waals surface area contributed by atoms with Crippen LogP contribution < -0.4 is 11.4 Å². The number of nitrogen functional groups attached to an aromatic ring is 1. The van der Waals surface area contributed by atoms with E-state index in [9.17, 15) is 43.5 Å². The van der Waals surface area contributed by atoms with E-state index in [4.69, 9.17) is 33.7 Å². The normalized spacial score (nSPS) is 22.1. The second-order valence-corrected chi connectivity index (χ2v) is 21.8. The smallest absolute Gasteiger partial charge is 0.462 e. The molecule has 0 spiro atoms. The Kier molecular flexibility index (Phi) is 32.8. The molecule has 2 aliphatic heterocycles. The number of aliphatic hydroxyl groups excluding tert-OH is 2. The summed E-state index contributed by atoms with van der Waals surface area (Å²) in [7, 11) is -10.9. The number of allylic oxidation sites excluding steroid dienone is 7. The molecule has 21 heteroatoms. The molecule has 0 saturated carbocycles. The number of carbonyl (C=O) groups is 2. The Bertz CT molecular complexity index is 1980. The van der Waals surface area contributed by atoms with Crippen LogP contribution in [0.3, 0.4) is 0 Å². The van der Waals surface area contributed by atoms with Gasteiger partial charge in [-0.1, -0.05) is 146 Å². The van der Waals surface area contributed by atoms with Gasteiger partial charge in [0.1, 0.15) is 30.7 Å². The number of aliphatic hydroxyl groups is 2. The number of carbonyl (C=O) groups excluding carboxylic acids is 2. The van der Waals surface area contributed by atoms with Crippen LogP contribution in [0, 0.1) is 0 Å². The van der Waals surface area contributed by atoms with Crippen molar-refractivity contribution in [1.82, 2.24) is 9.55 Å². The maximum Gasteiger partial charge on any atom is 0.481 e. The first-order valence-electron chi connectivity index (χ1n) is 26.8. The fraction of sp³-hybridized carbons (Fsp3) is 0.731. The van der Waals surface area contributed by atoms with Gasteiger partial charge in [-0.15, -0.1) is 0 Å². The molecule has 19 nitrogen and oxygen atoms in total. The summed E-state index contributed by atoms with van der Waals surface area (Å²) in [5, 5.41) is 20.9. The number of anilines is 1. The van der Waals surface area contributed by atoms with E-state index in [2.05, 4.69) is 59.6 Å². The Morgan fingerprint density at radius 3 is 1.92 bits per heavy atom. The number of rotatable bonds is 43. The molecule has 73 heavy (non-hydrogen) atoms. The number of hydrogen-bond donors (Lipinski definition) is 5. The van der Waals surface area contributed by atoms with Crippen LogP contribution in [0.25, 0.3) is 0 Å². The molecule has 3 heterocycles. The molecule has 2 fully saturated rings. The van der Waals surface area contributed by atoms with Crippen molar-refractivity contribution in [2.45, 2.75) is 224 Å². The summed E-state index contributed by atoms with van der Waals surface area (Å²) < 4.78 is 62.5. The van der Waals surface area contributed by atoms with Crippen molar-refractivity contribution in [3.8, 4) is 0 Å². The summed E-state index contributed by atoms with van der Waals surface area (Å²) in [5.74, 6) is -1.37. The molecule has 4 unspecified atom stereocenters. The number of esters is 2. The minimum atomic E-state index is -5.44. The highest BCUT2D eigenvalue weighted by atomic mass is 31.3. The van der Waals surface area contributed by atoms with Crippen LogP contribution in [0.5, 0.6) is 0 Å². The lowest BCUT2D eigenvalue weighted by molar-refractivity contribution is -0.161. The summed E-state index contributed by atoms with van der Waals surface area (Å²) in [5.41, 5.74) is 4.59. The summed E-state index contributed by atoms with van der Waals surface area (Å²) in [4.78, 5) is 62.0. The van der Waals surface area contributed by atoms with Crippen molar-refractivity contribution < 1.29 is 71.0 Å². The van der Waals surface area contributed by atoms with E-state index in [0.717, 1.165) is 87.8 Å². The Labute approximate surface area is 433 Å². The van der Waals surface area contributed by atoms with Crippen LogP contribution in [0.1, 0.15) is 187 Å². The van der Waals surface area contributed by atoms with Crippen LogP contribution in [0.4, 0.5) is 5.82 Å². The molecule has 0 radical (unpaired) electrons.